The number of carbonyl (C=O) groups is 4. The van der Waals surface area contributed by atoms with Gasteiger partial charge < -0.3 is 24.3 Å². The van der Waals surface area contributed by atoms with Crippen LogP contribution in [-0.2, 0) is 19.1 Å². The molecule has 0 aromatic heterocycles. The molecule has 168 valence electrons. The monoisotopic (exact) mass is 442 g/mol. The van der Waals surface area contributed by atoms with E-state index in [-0.39, 0.29) is 12.2 Å². The summed E-state index contributed by atoms with van der Waals surface area (Å²) in [4.78, 5) is 48.2. The van der Waals surface area contributed by atoms with Crippen molar-refractivity contribution in [2.24, 2.45) is 0 Å². The Morgan fingerprint density at radius 2 is 1.75 bits per heavy atom. The normalized spacial score (nSPS) is 14.1. The summed E-state index contributed by atoms with van der Waals surface area (Å²) < 4.78 is 21.1. The van der Waals surface area contributed by atoms with Crippen LogP contribution in [0.5, 0.6) is 17.2 Å². The average molecular weight is 442 g/mol. The predicted octanol–water partition coefficient (Wildman–Crippen LogP) is 0.841. The number of benzene rings is 2. The van der Waals surface area contributed by atoms with E-state index in [0.29, 0.717) is 23.9 Å². The molecule has 0 aliphatic carbocycles. The number of hydrogen-bond donors (Lipinski definition) is 2. The molecule has 3 rings (SSSR count). The van der Waals surface area contributed by atoms with Crippen LogP contribution in [0.15, 0.2) is 48.5 Å². The summed E-state index contributed by atoms with van der Waals surface area (Å²) in [5.74, 6) is -1.65. The third kappa shape index (κ3) is 5.97. The molecule has 10 nitrogen and oxygen atoms in total. The largest absolute Gasteiger partial charge is 0.493 e. The Balaban J connectivity index is 1.40. The number of nitrogens with one attached hydrogen (secondary N) is 2. The Bertz CT molecular complexity index is 1010. The van der Waals surface area contributed by atoms with Gasteiger partial charge in [-0.25, -0.2) is 0 Å². The van der Waals surface area contributed by atoms with E-state index in [9.17, 15) is 19.2 Å². The number of amides is 3. The van der Waals surface area contributed by atoms with Gasteiger partial charge in [0.05, 0.1) is 12.2 Å². The highest BCUT2D eigenvalue weighted by Crippen LogP contribution is 2.30. The van der Waals surface area contributed by atoms with Gasteiger partial charge in [0.1, 0.15) is 18.9 Å². The first-order valence-electron chi connectivity index (χ1n) is 9.85. The van der Waals surface area contributed by atoms with Crippen molar-refractivity contribution in [1.82, 2.24) is 10.6 Å². The van der Waals surface area contributed by atoms with Crippen molar-refractivity contribution in [3.05, 3.63) is 54.1 Å². The fourth-order valence-electron chi connectivity index (χ4n) is 2.78. The first-order valence-corrected chi connectivity index (χ1v) is 9.85. The number of carbonyl (C=O) groups excluding carboxylic acids is 4. The third-order valence-electron chi connectivity index (χ3n) is 4.25. The molecule has 1 atom stereocenters. The molecular weight excluding hydrogens is 420 g/mol. The van der Waals surface area contributed by atoms with Crippen molar-refractivity contribution < 1.29 is 38.1 Å². The van der Waals surface area contributed by atoms with E-state index in [2.05, 4.69) is 10.6 Å². The fourth-order valence-corrected chi connectivity index (χ4v) is 2.78. The second-order valence-electron chi connectivity index (χ2n) is 6.55. The maximum atomic E-state index is 12.2. The van der Waals surface area contributed by atoms with Gasteiger partial charge in [0.25, 0.3) is 17.7 Å². The van der Waals surface area contributed by atoms with E-state index < -0.39 is 42.9 Å². The molecule has 2 N–H and O–H groups in total. The SMILES string of the molecule is CCOc1ccccc1C(=O)NCC(=O)OCC(=O)NC(=O)[C@@H]1COc2ccccc2O1. The number of para-hydroxylation sites is 3. The zero-order valence-electron chi connectivity index (χ0n) is 17.3. The zero-order chi connectivity index (χ0) is 22.9. The van der Waals surface area contributed by atoms with E-state index in [1.807, 2.05) is 0 Å². The van der Waals surface area contributed by atoms with Crippen LogP contribution in [-0.4, -0.2) is 56.2 Å². The molecule has 0 saturated carbocycles. The molecule has 2 aromatic rings. The van der Waals surface area contributed by atoms with Gasteiger partial charge in [0.15, 0.2) is 18.1 Å². The molecule has 1 aliphatic heterocycles. The maximum Gasteiger partial charge on any atom is 0.325 e. The minimum absolute atomic E-state index is 0.0643. The minimum atomic E-state index is -1.02. The molecular formula is C22H22N2O8. The minimum Gasteiger partial charge on any atom is -0.493 e. The lowest BCUT2D eigenvalue weighted by Crippen LogP contribution is -2.47. The van der Waals surface area contributed by atoms with E-state index in [4.69, 9.17) is 18.9 Å². The predicted molar refractivity (Wildman–Crippen MR) is 110 cm³/mol. The molecule has 32 heavy (non-hydrogen) atoms. The molecule has 0 fully saturated rings. The van der Waals surface area contributed by atoms with Crippen LogP contribution in [0.2, 0.25) is 0 Å². The van der Waals surface area contributed by atoms with Crippen LogP contribution >= 0.6 is 0 Å². The summed E-state index contributed by atoms with van der Waals surface area (Å²) in [5.41, 5.74) is 0.266. The van der Waals surface area contributed by atoms with Crippen molar-refractivity contribution in [3.8, 4) is 17.2 Å². The van der Waals surface area contributed by atoms with Gasteiger partial charge in [-0.05, 0) is 31.2 Å². The van der Waals surface area contributed by atoms with Gasteiger partial charge >= 0.3 is 5.97 Å². The molecule has 2 aromatic carbocycles. The molecule has 1 heterocycles. The van der Waals surface area contributed by atoms with E-state index in [0.717, 1.165) is 0 Å². The number of esters is 1. The van der Waals surface area contributed by atoms with Crippen molar-refractivity contribution >= 4 is 23.7 Å². The molecule has 0 bridgehead atoms. The highest BCUT2D eigenvalue weighted by Gasteiger charge is 2.28. The lowest BCUT2D eigenvalue weighted by molar-refractivity contribution is -0.149. The van der Waals surface area contributed by atoms with Crippen molar-refractivity contribution in [1.29, 1.82) is 0 Å². The average Bonchev–Trinajstić information content (AvgIpc) is 2.81. The quantitative estimate of drug-likeness (QED) is 0.576. The lowest BCUT2D eigenvalue weighted by Gasteiger charge is -2.25. The summed E-state index contributed by atoms with van der Waals surface area (Å²) in [5, 5.41) is 4.48. The van der Waals surface area contributed by atoms with Crippen LogP contribution in [0.3, 0.4) is 0 Å². The lowest BCUT2D eigenvalue weighted by atomic mass is 10.2. The summed E-state index contributed by atoms with van der Waals surface area (Å²) in [6.07, 6.45) is -1.02. The Kier molecular flexibility index (Phi) is 7.63. The third-order valence-corrected chi connectivity index (χ3v) is 4.25. The number of ether oxygens (including phenoxy) is 4. The summed E-state index contributed by atoms with van der Waals surface area (Å²) in [6.45, 7) is 0.945. The van der Waals surface area contributed by atoms with Gasteiger partial charge in [-0.2, -0.15) is 0 Å². The number of imide groups is 1. The Hall–Kier alpha value is -4.08. The van der Waals surface area contributed by atoms with Crippen LogP contribution in [0.25, 0.3) is 0 Å². The van der Waals surface area contributed by atoms with E-state index in [1.165, 1.54) is 0 Å². The van der Waals surface area contributed by atoms with Crippen LogP contribution < -0.4 is 24.8 Å². The highest BCUT2D eigenvalue weighted by molar-refractivity contribution is 6.00. The summed E-state index contributed by atoms with van der Waals surface area (Å²) in [7, 11) is 0. The second kappa shape index (κ2) is 10.8. The van der Waals surface area contributed by atoms with Gasteiger partial charge in [-0.3, -0.25) is 24.5 Å². The van der Waals surface area contributed by atoms with Gasteiger partial charge in [-0.1, -0.05) is 24.3 Å². The van der Waals surface area contributed by atoms with Crippen molar-refractivity contribution in [2.45, 2.75) is 13.0 Å². The van der Waals surface area contributed by atoms with Crippen LogP contribution in [0.4, 0.5) is 0 Å². The first kappa shape index (κ1) is 22.6. The smallest absolute Gasteiger partial charge is 0.325 e. The molecule has 0 radical (unpaired) electrons. The van der Waals surface area contributed by atoms with Gasteiger partial charge in [-0.15, -0.1) is 0 Å². The number of rotatable bonds is 8. The van der Waals surface area contributed by atoms with Crippen molar-refractivity contribution in [2.75, 3.05) is 26.4 Å². The summed E-state index contributed by atoms with van der Waals surface area (Å²) in [6, 6.07) is 13.4. The highest BCUT2D eigenvalue weighted by atomic mass is 16.6. The number of hydrogen-bond acceptors (Lipinski definition) is 8. The topological polar surface area (TPSA) is 129 Å². The molecule has 0 saturated heterocycles. The molecule has 0 spiro atoms. The Morgan fingerprint density at radius 3 is 2.53 bits per heavy atom. The van der Waals surface area contributed by atoms with Crippen LogP contribution in [0, 0.1) is 0 Å². The van der Waals surface area contributed by atoms with Gasteiger partial charge in [0, 0.05) is 0 Å². The fraction of sp³-hybridized carbons (Fsp3) is 0.273. The van der Waals surface area contributed by atoms with Crippen molar-refractivity contribution in [3.63, 3.8) is 0 Å². The second-order valence-corrected chi connectivity index (χ2v) is 6.55. The first-order chi connectivity index (χ1) is 15.5. The standard InChI is InChI=1S/C22H22N2O8/c1-2-29-15-8-4-3-7-14(15)21(27)23-11-20(26)31-13-19(25)24-22(28)18-12-30-16-9-5-6-10-17(16)32-18/h3-10,18H,2,11-13H2,1H3,(H,23,27)(H,24,25,28)/t18-/m0/s1. The summed E-state index contributed by atoms with van der Waals surface area (Å²) >= 11 is 0. The van der Waals surface area contributed by atoms with Crippen LogP contribution in [0.1, 0.15) is 17.3 Å². The zero-order valence-corrected chi connectivity index (χ0v) is 17.3. The molecule has 0 unspecified atom stereocenters. The Morgan fingerprint density at radius 1 is 1.03 bits per heavy atom. The molecule has 10 heteroatoms. The molecule has 1 aliphatic rings. The molecule has 3 amide bonds. The van der Waals surface area contributed by atoms with E-state index >= 15 is 0 Å². The van der Waals surface area contributed by atoms with Gasteiger partial charge in [0.2, 0.25) is 6.10 Å². The number of fused-ring (bicyclic) bond motifs is 1. The Labute approximate surface area is 183 Å². The van der Waals surface area contributed by atoms with E-state index in [1.54, 1.807) is 55.5 Å². The maximum absolute atomic E-state index is 12.2.